The Bertz CT molecular complexity index is 1010. The number of thiazole rings is 1. The number of hydrogen-bond acceptors (Lipinski definition) is 6. The number of anilines is 3. The van der Waals surface area contributed by atoms with E-state index >= 15 is 0 Å². The van der Waals surface area contributed by atoms with E-state index in [1.165, 1.54) is 6.92 Å². The van der Waals surface area contributed by atoms with Crippen LogP contribution in [0.5, 0.6) is 0 Å². The van der Waals surface area contributed by atoms with Crippen LogP contribution < -0.4 is 15.5 Å². The van der Waals surface area contributed by atoms with E-state index < -0.39 is 0 Å². The molecule has 144 valence electrons. The highest BCUT2D eigenvalue weighted by molar-refractivity contribution is 7.22. The van der Waals surface area contributed by atoms with Crippen LogP contribution in [0.15, 0.2) is 42.5 Å². The van der Waals surface area contributed by atoms with Gasteiger partial charge >= 0.3 is 0 Å². The van der Waals surface area contributed by atoms with Crippen LogP contribution >= 0.6 is 11.3 Å². The number of rotatable bonds is 4. The molecule has 2 aromatic carbocycles. The summed E-state index contributed by atoms with van der Waals surface area (Å²) in [6, 6.07) is 12.5. The van der Waals surface area contributed by atoms with Gasteiger partial charge in [-0.3, -0.25) is 9.59 Å². The van der Waals surface area contributed by atoms with Crippen LogP contribution in [0, 0.1) is 0 Å². The quantitative estimate of drug-likeness (QED) is 0.707. The Morgan fingerprint density at radius 1 is 1.04 bits per heavy atom. The molecule has 0 radical (unpaired) electrons. The van der Waals surface area contributed by atoms with Crippen molar-refractivity contribution < 1.29 is 14.3 Å². The lowest BCUT2D eigenvalue weighted by Gasteiger charge is -2.25. The standard InChI is InChI=1S/C20H20N4O3S/c1-13(25)21-15-3-5-16(6-4-15)22-19(26)14-2-7-17-18(12-14)28-20(23-17)24-8-10-27-11-9-24/h2-7,12H,8-11H2,1H3,(H,21,25)(H,22,26). The molecular weight excluding hydrogens is 376 g/mol. The maximum Gasteiger partial charge on any atom is 0.255 e. The molecule has 0 unspecified atom stereocenters. The molecule has 2 heterocycles. The van der Waals surface area contributed by atoms with Crippen molar-refractivity contribution >= 4 is 49.9 Å². The highest BCUT2D eigenvalue weighted by Gasteiger charge is 2.16. The maximum atomic E-state index is 12.6. The summed E-state index contributed by atoms with van der Waals surface area (Å²) in [7, 11) is 0. The van der Waals surface area contributed by atoms with Crippen LogP contribution in [-0.2, 0) is 9.53 Å². The third-order valence-corrected chi connectivity index (χ3v) is 5.46. The molecule has 0 spiro atoms. The first-order valence-electron chi connectivity index (χ1n) is 9.01. The molecule has 1 saturated heterocycles. The molecule has 2 N–H and O–H groups in total. The number of nitrogens with one attached hydrogen (secondary N) is 2. The molecule has 0 bridgehead atoms. The molecule has 0 aliphatic carbocycles. The summed E-state index contributed by atoms with van der Waals surface area (Å²) in [6.07, 6.45) is 0. The van der Waals surface area contributed by atoms with E-state index in [-0.39, 0.29) is 11.8 Å². The first-order chi connectivity index (χ1) is 13.6. The van der Waals surface area contributed by atoms with Crippen LogP contribution in [0.2, 0.25) is 0 Å². The van der Waals surface area contributed by atoms with Crippen molar-refractivity contribution in [3.8, 4) is 0 Å². The molecule has 1 aliphatic heterocycles. The summed E-state index contributed by atoms with van der Waals surface area (Å²) in [4.78, 5) is 30.6. The molecule has 0 atom stereocenters. The van der Waals surface area contributed by atoms with Gasteiger partial charge in [-0.2, -0.15) is 0 Å². The summed E-state index contributed by atoms with van der Waals surface area (Å²) < 4.78 is 6.37. The monoisotopic (exact) mass is 396 g/mol. The summed E-state index contributed by atoms with van der Waals surface area (Å²) in [6.45, 7) is 4.55. The minimum absolute atomic E-state index is 0.133. The summed E-state index contributed by atoms with van der Waals surface area (Å²) >= 11 is 1.59. The molecule has 2 amide bonds. The number of benzene rings is 2. The van der Waals surface area contributed by atoms with E-state index in [1.54, 1.807) is 41.7 Å². The predicted octanol–water partition coefficient (Wildman–Crippen LogP) is 3.34. The van der Waals surface area contributed by atoms with Gasteiger partial charge in [0.05, 0.1) is 23.4 Å². The molecule has 3 aromatic rings. The van der Waals surface area contributed by atoms with Gasteiger partial charge in [0.25, 0.3) is 5.91 Å². The van der Waals surface area contributed by atoms with Crippen molar-refractivity contribution in [2.24, 2.45) is 0 Å². The average molecular weight is 396 g/mol. The van der Waals surface area contributed by atoms with Crippen molar-refractivity contribution in [1.29, 1.82) is 0 Å². The fraction of sp³-hybridized carbons (Fsp3) is 0.250. The van der Waals surface area contributed by atoms with Crippen molar-refractivity contribution in [3.63, 3.8) is 0 Å². The lowest BCUT2D eigenvalue weighted by Crippen LogP contribution is -2.36. The Morgan fingerprint density at radius 3 is 2.39 bits per heavy atom. The number of amides is 2. The highest BCUT2D eigenvalue weighted by atomic mass is 32.1. The van der Waals surface area contributed by atoms with Crippen LogP contribution in [0.3, 0.4) is 0 Å². The Hall–Kier alpha value is -2.97. The SMILES string of the molecule is CC(=O)Nc1ccc(NC(=O)c2ccc3nc(N4CCOCC4)sc3c2)cc1. The Morgan fingerprint density at radius 2 is 1.71 bits per heavy atom. The van der Waals surface area contributed by atoms with E-state index in [2.05, 4.69) is 20.5 Å². The molecule has 1 aliphatic rings. The van der Waals surface area contributed by atoms with E-state index in [9.17, 15) is 9.59 Å². The smallest absolute Gasteiger partial charge is 0.255 e. The van der Waals surface area contributed by atoms with Gasteiger partial charge in [0.15, 0.2) is 5.13 Å². The van der Waals surface area contributed by atoms with Gasteiger partial charge in [0.1, 0.15) is 0 Å². The van der Waals surface area contributed by atoms with Gasteiger partial charge in [-0.15, -0.1) is 0 Å². The zero-order valence-corrected chi connectivity index (χ0v) is 16.2. The largest absolute Gasteiger partial charge is 0.378 e. The zero-order valence-electron chi connectivity index (χ0n) is 15.4. The third-order valence-electron chi connectivity index (χ3n) is 4.38. The second-order valence-corrected chi connectivity index (χ2v) is 7.50. The van der Waals surface area contributed by atoms with E-state index in [1.807, 2.05) is 12.1 Å². The number of hydrogen-bond donors (Lipinski definition) is 2. The number of aromatic nitrogens is 1. The van der Waals surface area contributed by atoms with E-state index in [0.717, 1.165) is 28.4 Å². The van der Waals surface area contributed by atoms with Gasteiger partial charge in [-0.05, 0) is 42.5 Å². The normalized spacial score (nSPS) is 14.1. The van der Waals surface area contributed by atoms with Gasteiger partial charge in [0, 0.05) is 37.0 Å². The Balaban J connectivity index is 1.48. The maximum absolute atomic E-state index is 12.6. The zero-order chi connectivity index (χ0) is 19.5. The molecule has 7 nitrogen and oxygen atoms in total. The number of morpholine rings is 1. The fourth-order valence-electron chi connectivity index (χ4n) is 2.99. The molecule has 1 aromatic heterocycles. The molecule has 28 heavy (non-hydrogen) atoms. The van der Waals surface area contributed by atoms with E-state index in [0.29, 0.717) is 30.2 Å². The Labute approximate surface area is 166 Å². The van der Waals surface area contributed by atoms with Crippen LogP contribution in [-0.4, -0.2) is 43.1 Å². The van der Waals surface area contributed by atoms with Crippen molar-refractivity contribution in [2.45, 2.75) is 6.92 Å². The summed E-state index contributed by atoms with van der Waals surface area (Å²) in [5.74, 6) is -0.318. The minimum Gasteiger partial charge on any atom is -0.378 e. The molecule has 0 saturated carbocycles. The minimum atomic E-state index is -0.185. The molecular formula is C20H20N4O3S. The van der Waals surface area contributed by atoms with Crippen LogP contribution in [0.4, 0.5) is 16.5 Å². The van der Waals surface area contributed by atoms with Crippen molar-refractivity contribution in [2.75, 3.05) is 41.8 Å². The van der Waals surface area contributed by atoms with Crippen LogP contribution in [0.25, 0.3) is 10.2 Å². The third kappa shape index (κ3) is 4.13. The fourth-order valence-corrected chi connectivity index (χ4v) is 4.04. The number of carbonyl (C=O) groups is 2. The lowest BCUT2D eigenvalue weighted by atomic mass is 10.2. The first-order valence-corrected chi connectivity index (χ1v) is 9.82. The summed E-state index contributed by atoms with van der Waals surface area (Å²) in [5, 5.41) is 6.54. The second kappa shape index (κ2) is 7.95. The molecule has 4 rings (SSSR count). The van der Waals surface area contributed by atoms with E-state index in [4.69, 9.17) is 4.74 Å². The number of carbonyl (C=O) groups excluding carboxylic acids is 2. The molecule has 8 heteroatoms. The van der Waals surface area contributed by atoms with Gasteiger partial charge in [-0.25, -0.2) is 4.98 Å². The number of nitrogens with zero attached hydrogens (tertiary/aromatic N) is 2. The first kappa shape index (κ1) is 18.4. The molecule has 1 fully saturated rings. The highest BCUT2D eigenvalue weighted by Crippen LogP contribution is 2.30. The van der Waals surface area contributed by atoms with Gasteiger partial charge in [0.2, 0.25) is 5.91 Å². The van der Waals surface area contributed by atoms with Crippen molar-refractivity contribution in [3.05, 3.63) is 48.0 Å². The Kier molecular flexibility index (Phi) is 5.23. The topological polar surface area (TPSA) is 83.6 Å². The van der Waals surface area contributed by atoms with Gasteiger partial charge < -0.3 is 20.3 Å². The average Bonchev–Trinajstić information content (AvgIpc) is 3.13. The number of fused-ring (bicyclic) bond motifs is 1. The lowest BCUT2D eigenvalue weighted by molar-refractivity contribution is -0.114. The van der Waals surface area contributed by atoms with Crippen molar-refractivity contribution in [1.82, 2.24) is 4.98 Å². The summed E-state index contributed by atoms with van der Waals surface area (Å²) in [5.41, 5.74) is 2.82. The van der Waals surface area contributed by atoms with Gasteiger partial charge in [-0.1, -0.05) is 11.3 Å². The number of ether oxygens (including phenoxy) is 1. The van der Waals surface area contributed by atoms with Crippen LogP contribution in [0.1, 0.15) is 17.3 Å². The predicted molar refractivity (Wildman–Crippen MR) is 111 cm³/mol. The second-order valence-electron chi connectivity index (χ2n) is 6.49.